The van der Waals surface area contributed by atoms with E-state index >= 15 is 0 Å². The summed E-state index contributed by atoms with van der Waals surface area (Å²) in [6, 6.07) is 8.93. The zero-order valence-electron chi connectivity index (χ0n) is 11.1. The highest BCUT2D eigenvalue weighted by Crippen LogP contribution is 2.18. The number of nitrogens with one attached hydrogen (secondary N) is 1. The summed E-state index contributed by atoms with van der Waals surface area (Å²) in [7, 11) is -3.44. The Kier molecular flexibility index (Phi) is 5.37. The van der Waals surface area contributed by atoms with Gasteiger partial charge in [0, 0.05) is 16.8 Å². The summed E-state index contributed by atoms with van der Waals surface area (Å²) in [5.74, 6) is 0. The molecule has 0 amide bonds. The Morgan fingerprint density at radius 2 is 1.90 bits per heavy atom. The highest BCUT2D eigenvalue weighted by Gasteiger charge is 2.14. The summed E-state index contributed by atoms with van der Waals surface area (Å²) in [4.78, 5) is 1.38. The molecule has 0 unspecified atom stereocenters. The lowest BCUT2D eigenvalue weighted by atomic mass is 10.2. The van der Waals surface area contributed by atoms with Gasteiger partial charge in [-0.15, -0.1) is 11.3 Å². The molecule has 1 aromatic carbocycles. The summed E-state index contributed by atoms with van der Waals surface area (Å²) in [5.41, 5.74) is 2.25. The quantitative estimate of drug-likeness (QED) is 0.784. The first-order valence-corrected chi connectivity index (χ1v) is 9.75. The average Bonchev–Trinajstić information content (AvgIpc) is 2.93. The minimum Gasteiger partial charge on any atom is -0.207 e. The van der Waals surface area contributed by atoms with Crippen molar-refractivity contribution in [3.63, 3.8) is 0 Å². The van der Waals surface area contributed by atoms with Gasteiger partial charge in [-0.1, -0.05) is 35.0 Å². The van der Waals surface area contributed by atoms with Crippen LogP contribution in [0.3, 0.4) is 0 Å². The van der Waals surface area contributed by atoms with Gasteiger partial charge in [0.15, 0.2) is 0 Å². The number of halogens is 1. The third-order valence-corrected chi connectivity index (χ3v) is 6.06. The first kappa shape index (κ1) is 15.7. The lowest BCUT2D eigenvalue weighted by Gasteiger charge is -2.07. The molecule has 0 atom stereocenters. The molecule has 0 saturated heterocycles. The van der Waals surface area contributed by atoms with Crippen molar-refractivity contribution in [1.82, 2.24) is 4.72 Å². The molecule has 0 fully saturated rings. The molecule has 0 aliphatic heterocycles. The predicted molar refractivity (Wildman–Crippen MR) is 86.8 cm³/mol. The summed E-state index contributed by atoms with van der Waals surface area (Å²) in [5, 5.41) is 2.71. The minimum absolute atomic E-state index is 0.303. The van der Waals surface area contributed by atoms with Crippen molar-refractivity contribution >= 4 is 37.3 Å². The normalized spacial score (nSPS) is 11.7. The first-order valence-electron chi connectivity index (χ1n) is 6.26. The monoisotopic (exact) mass is 373 g/mol. The molecule has 6 heteroatoms. The van der Waals surface area contributed by atoms with Crippen molar-refractivity contribution in [2.45, 2.75) is 30.1 Å². The molecular formula is C14H16BrNO2S2. The van der Waals surface area contributed by atoms with Crippen LogP contribution in [0.2, 0.25) is 0 Å². The fourth-order valence-electron chi connectivity index (χ4n) is 1.84. The Labute approximate surface area is 132 Å². The number of rotatable bonds is 6. The second-order valence-electron chi connectivity index (χ2n) is 4.32. The number of sulfonamides is 1. The summed E-state index contributed by atoms with van der Waals surface area (Å²) < 4.78 is 27.1. The molecule has 108 valence electrons. The van der Waals surface area contributed by atoms with E-state index in [1.54, 1.807) is 23.5 Å². The molecule has 2 rings (SSSR count). The fourth-order valence-corrected chi connectivity index (χ4v) is 4.22. The maximum Gasteiger partial charge on any atom is 0.240 e. The fraction of sp³-hybridized carbons (Fsp3) is 0.286. The molecule has 3 nitrogen and oxygen atoms in total. The molecule has 20 heavy (non-hydrogen) atoms. The third-order valence-electron chi connectivity index (χ3n) is 3.03. The maximum atomic E-state index is 12.2. The third kappa shape index (κ3) is 3.69. The van der Waals surface area contributed by atoms with Gasteiger partial charge in [-0.05, 0) is 41.1 Å². The van der Waals surface area contributed by atoms with Gasteiger partial charge in [0.2, 0.25) is 10.0 Å². The van der Waals surface area contributed by atoms with Gasteiger partial charge >= 0.3 is 0 Å². The van der Waals surface area contributed by atoms with Crippen LogP contribution >= 0.6 is 27.3 Å². The number of thiophene rings is 1. The smallest absolute Gasteiger partial charge is 0.207 e. The molecule has 0 spiro atoms. The second-order valence-corrected chi connectivity index (χ2v) is 7.65. The van der Waals surface area contributed by atoms with Gasteiger partial charge < -0.3 is 0 Å². The number of alkyl halides is 1. The van der Waals surface area contributed by atoms with Crippen molar-refractivity contribution in [2.75, 3.05) is 0 Å². The maximum absolute atomic E-state index is 12.2. The summed E-state index contributed by atoms with van der Waals surface area (Å²) in [6.45, 7) is 2.42. The lowest BCUT2D eigenvalue weighted by molar-refractivity contribution is 0.581. The topological polar surface area (TPSA) is 46.2 Å². The van der Waals surface area contributed by atoms with Crippen LogP contribution in [-0.4, -0.2) is 8.42 Å². The van der Waals surface area contributed by atoms with E-state index in [2.05, 4.69) is 27.6 Å². The summed E-state index contributed by atoms with van der Waals surface area (Å²) in [6.07, 6.45) is 0.917. The Morgan fingerprint density at radius 1 is 1.20 bits per heavy atom. The van der Waals surface area contributed by atoms with Crippen molar-refractivity contribution in [3.05, 3.63) is 51.7 Å². The Hall–Kier alpha value is -0.690. The average molecular weight is 374 g/mol. The Morgan fingerprint density at radius 3 is 2.50 bits per heavy atom. The highest BCUT2D eigenvalue weighted by atomic mass is 79.9. The van der Waals surface area contributed by atoms with Crippen LogP contribution in [0.15, 0.2) is 40.6 Å². The molecule has 1 aromatic heterocycles. The molecule has 0 aliphatic carbocycles. The zero-order chi connectivity index (χ0) is 14.6. The van der Waals surface area contributed by atoms with Crippen molar-refractivity contribution < 1.29 is 8.42 Å². The van der Waals surface area contributed by atoms with Crippen LogP contribution in [0.5, 0.6) is 0 Å². The molecule has 0 bridgehead atoms. The standard InChI is InChI=1S/C14H16BrNO2S2/c1-2-12-7-8-19-14(12)10-16-20(17,18)13-5-3-11(9-15)4-6-13/h3-8,16H,2,9-10H2,1H3. The van der Waals surface area contributed by atoms with Crippen LogP contribution in [0.1, 0.15) is 22.9 Å². The minimum atomic E-state index is -3.44. The van der Waals surface area contributed by atoms with Crippen LogP contribution in [0.25, 0.3) is 0 Å². The molecule has 1 heterocycles. The van der Waals surface area contributed by atoms with E-state index in [0.717, 1.165) is 22.2 Å². The zero-order valence-corrected chi connectivity index (χ0v) is 14.3. The second kappa shape index (κ2) is 6.85. The van der Waals surface area contributed by atoms with E-state index in [-0.39, 0.29) is 0 Å². The first-order chi connectivity index (χ1) is 9.56. The molecule has 0 radical (unpaired) electrons. The molecule has 0 saturated carbocycles. The molecule has 2 aromatic rings. The molecule has 1 N–H and O–H groups in total. The van der Waals surface area contributed by atoms with Crippen molar-refractivity contribution in [2.24, 2.45) is 0 Å². The molecular weight excluding hydrogens is 358 g/mol. The molecule has 0 aliphatic rings. The van der Waals surface area contributed by atoms with E-state index in [4.69, 9.17) is 0 Å². The van der Waals surface area contributed by atoms with E-state index in [1.807, 2.05) is 23.6 Å². The van der Waals surface area contributed by atoms with E-state index < -0.39 is 10.0 Å². The highest BCUT2D eigenvalue weighted by molar-refractivity contribution is 9.08. The van der Waals surface area contributed by atoms with Crippen molar-refractivity contribution in [3.8, 4) is 0 Å². The van der Waals surface area contributed by atoms with E-state index in [9.17, 15) is 8.42 Å². The van der Waals surface area contributed by atoms with Gasteiger partial charge in [-0.25, -0.2) is 13.1 Å². The SMILES string of the molecule is CCc1ccsc1CNS(=O)(=O)c1ccc(CBr)cc1. The van der Waals surface area contributed by atoms with E-state index in [1.165, 1.54) is 5.56 Å². The number of aryl methyl sites for hydroxylation is 1. The van der Waals surface area contributed by atoms with Crippen LogP contribution in [0.4, 0.5) is 0 Å². The number of hydrogen-bond donors (Lipinski definition) is 1. The van der Waals surface area contributed by atoms with Crippen LogP contribution in [-0.2, 0) is 28.3 Å². The summed E-state index contributed by atoms with van der Waals surface area (Å²) >= 11 is 4.92. The predicted octanol–water partition coefficient (Wildman–Crippen LogP) is 3.68. The lowest BCUT2D eigenvalue weighted by Crippen LogP contribution is -2.23. The number of benzene rings is 1. The van der Waals surface area contributed by atoms with Gasteiger partial charge in [0.1, 0.15) is 0 Å². The Balaban J connectivity index is 2.10. The van der Waals surface area contributed by atoms with Crippen LogP contribution in [0, 0.1) is 0 Å². The van der Waals surface area contributed by atoms with Gasteiger partial charge in [-0.2, -0.15) is 0 Å². The van der Waals surface area contributed by atoms with Crippen LogP contribution < -0.4 is 4.72 Å². The van der Waals surface area contributed by atoms with Gasteiger partial charge in [0.25, 0.3) is 0 Å². The van der Waals surface area contributed by atoms with Crippen molar-refractivity contribution in [1.29, 1.82) is 0 Å². The van der Waals surface area contributed by atoms with Gasteiger partial charge in [-0.3, -0.25) is 0 Å². The largest absolute Gasteiger partial charge is 0.240 e. The Bertz CT molecular complexity index is 663. The number of hydrogen-bond acceptors (Lipinski definition) is 3. The van der Waals surface area contributed by atoms with Gasteiger partial charge in [0.05, 0.1) is 4.90 Å². The van der Waals surface area contributed by atoms with E-state index in [0.29, 0.717) is 11.4 Å².